The molecule has 2 aliphatic heterocycles. The van der Waals surface area contributed by atoms with Crippen LogP contribution in [0.25, 0.3) is 11.3 Å². The molecule has 0 aliphatic carbocycles. The van der Waals surface area contributed by atoms with Crippen LogP contribution in [0.15, 0.2) is 18.2 Å². The molecule has 27 heavy (non-hydrogen) atoms. The quantitative estimate of drug-likeness (QED) is 0.662. The van der Waals surface area contributed by atoms with E-state index in [1.165, 1.54) is 12.1 Å². The maximum absolute atomic E-state index is 15.1. The highest BCUT2D eigenvalue weighted by molar-refractivity contribution is 7.92. The van der Waals surface area contributed by atoms with Crippen molar-refractivity contribution in [1.82, 2.24) is 14.9 Å². The summed E-state index contributed by atoms with van der Waals surface area (Å²) in [5.41, 5.74) is -0.260. The summed E-state index contributed by atoms with van der Waals surface area (Å²) < 4.78 is 46.7. The number of aromatic nitrogens is 2. The minimum atomic E-state index is -4.26. The van der Waals surface area contributed by atoms with E-state index in [4.69, 9.17) is 4.74 Å². The number of phenols is 1. The van der Waals surface area contributed by atoms with Gasteiger partial charge in [0.2, 0.25) is 0 Å². The number of carbonyl (C=O) groups excluding carboxylic acids is 1. The number of nitrogens with zero attached hydrogens (tertiary/aromatic N) is 3. The van der Waals surface area contributed by atoms with Gasteiger partial charge in [-0.15, -0.1) is 0 Å². The second-order valence-electron chi connectivity index (χ2n) is 6.07. The molecule has 2 fully saturated rings. The van der Waals surface area contributed by atoms with Gasteiger partial charge in [-0.05, 0) is 12.1 Å². The lowest BCUT2D eigenvalue weighted by molar-refractivity contribution is -0.117. The molecule has 2 saturated heterocycles. The zero-order valence-electron chi connectivity index (χ0n) is 14.0. The number of amides is 1. The van der Waals surface area contributed by atoms with Gasteiger partial charge in [0.05, 0.1) is 18.9 Å². The minimum absolute atomic E-state index is 0.0179. The number of morpholine rings is 1. The lowest BCUT2D eigenvalue weighted by Gasteiger charge is -2.26. The lowest BCUT2D eigenvalue weighted by atomic mass is 10.1. The zero-order chi connectivity index (χ0) is 19.2. The number of ether oxygens (including phenoxy) is 1. The first-order valence-corrected chi connectivity index (χ1v) is 9.54. The SMILES string of the molecule is O=C1CN(c2c(O)ccc(-c3cc(N4CCOCC4)n[nH]3)c2F)S(=O)(=O)N1. The minimum Gasteiger partial charge on any atom is -0.506 e. The van der Waals surface area contributed by atoms with Gasteiger partial charge in [0.15, 0.2) is 11.6 Å². The highest BCUT2D eigenvalue weighted by atomic mass is 32.2. The summed E-state index contributed by atoms with van der Waals surface area (Å²) in [6.45, 7) is 1.81. The molecule has 1 aromatic carbocycles. The third kappa shape index (κ3) is 3.06. The molecule has 3 N–H and O–H groups in total. The van der Waals surface area contributed by atoms with E-state index >= 15 is 4.39 Å². The van der Waals surface area contributed by atoms with Gasteiger partial charge in [0.1, 0.15) is 18.0 Å². The van der Waals surface area contributed by atoms with Crippen molar-refractivity contribution in [3.8, 4) is 17.0 Å². The summed E-state index contributed by atoms with van der Waals surface area (Å²) in [4.78, 5) is 13.4. The fourth-order valence-corrected chi connectivity index (χ4v) is 4.21. The Balaban J connectivity index is 1.73. The number of benzene rings is 1. The number of phenolic OH excluding ortho intramolecular Hbond substituents is 1. The molecule has 0 atom stereocenters. The van der Waals surface area contributed by atoms with E-state index in [2.05, 4.69) is 10.2 Å². The maximum Gasteiger partial charge on any atom is 0.326 e. The average molecular weight is 397 g/mol. The number of hydrogen-bond acceptors (Lipinski definition) is 7. The molecule has 0 unspecified atom stereocenters. The summed E-state index contributed by atoms with van der Waals surface area (Å²) in [6.07, 6.45) is 0. The van der Waals surface area contributed by atoms with E-state index in [0.29, 0.717) is 42.1 Å². The molecule has 0 spiro atoms. The monoisotopic (exact) mass is 397 g/mol. The van der Waals surface area contributed by atoms with Crippen LogP contribution in [0, 0.1) is 5.82 Å². The van der Waals surface area contributed by atoms with E-state index in [1.54, 1.807) is 10.8 Å². The van der Waals surface area contributed by atoms with Crippen molar-refractivity contribution in [3.05, 3.63) is 24.0 Å². The fourth-order valence-electron chi connectivity index (χ4n) is 3.05. The van der Waals surface area contributed by atoms with Gasteiger partial charge in [-0.25, -0.2) is 13.4 Å². The molecule has 4 rings (SSSR count). The first-order chi connectivity index (χ1) is 12.9. The first-order valence-electron chi connectivity index (χ1n) is 8.10. The van der Waals surface area contributed by atoms with Crippen molar-refractivity contribution in [2.24, 2.45) is 0 Å². The maximum atomic E-state index is 15.1. The third-order valence-electron chi connectivity index (χ3n) is 4.35. The van der Waals surface area contributed by atoms with Crippen LogP contribution in [0.5, 0.6) is 5.75 Å². The van der Waals surface area contributed by atoms with Crippen LogP contribution in [0.1, 0.15) is 0 Å². The number of H-pyrrole nitrogens is 1. The largest absolute Gasteiger partial charge is 0.506 e. The lowest BCUT2D eigenvalue weighted by Crippen LogP contribution is -2.36. The summed E-state index contributed by atoms with van der Waals surface area (Å²) >= 11 is 0. The van der Waals surface area contributed by atoms with Crippen LogP contribution >= 0.6 is 0 Å². The highest BCUT2D eigenvalue weighted by Crippen LogP contribution is 2.38. The van der Waals surface area contributed by atoms with Gasteiger partial charge in [-0.1, -0.05) is 0 Å². The Kier molecular flexibility index (Phi) is 4.15. The molecule has 3 heterocycles. The molecule has 12 heteroatoms. The first kappa shape index (κ1) is 17.5. The number of anilines is 2. The molecular formula is C15H16FN5O5S. The normalized spacial score (nSPS) is 19.4. The molecular weight excluding hydrogens is 381 g/mol. The van der Waals surface area contributed by atoms with Crippen LogP contribution < -0.4 is 13.9 Å². The molecule has 1 amide bonds. The highest BCUT2D eigenvalue weighted by Gasteiger charge is 2.38. The predicted molar refractivity (Wildman–Crippen MR) is 93.1 cm³/mol. The number of rotatable bonds is 3. The predicted octanol–water partition coefficient (Wildman–Crippen LogP) is -0.0610. The van der Waals surface area contributed by atoms with Crippen molar-refractivity contribution in [2.75, 3.05) is 42.1 Å². The van der Waals surface area contributed by atoms with Crippen LogP contribution in [-0.2, 0) is 19.7 Å². The number of halogens is 1. The Bertz CT molecular complexity index is 1000. The second-order valence-corrected chi connectivity index (χ2v) is 7.67. The zero-order valence-corrected chi connectivity index (χ0v) is 14.8. The van der Waals surface area contributed by atoms with E-state index < -0.39 is 39.9 Å². The summed E-state index contributed by atoms with van der Waals surface area (Å²) in [7, 11) is -4.26. The Morgan fingerprint density at radius 2 is 2.00 bits per heavy atom. The number of hydrogen-bond donors (Lipinski definition) is 3. The molecule has 2 aromatic rings. The van der Waals surface area contributed by atoms with Crippen molar-refractivity contribution in [2.45, 2.75) is 0 Å². The number of nitrogens with one attached hydrogen (secondary N) is 2. The van der Waals surface area contributed by atoms with E-state index in [0.717, 1.165) is 0 Å². The Hall–Kier alpha value is -2.86. The average Bonchev–Trinajstić information content (AvgIpc) is 3.20. The molecule has 10 nitrogen and oxygen atoms in total. The molecule has 144 valence electrons. The molecule has 0 saturated carbocycles. The van der Waals surface area contributed by atoms with Gasteiger partial charge < -0.3 is 14.7 Å². The third-order valence-corrected chi connectivity index (χ3v) is 5.73. The van der Waals surface area contributed by atoms with E-state index in [1.807, 2.05) is 4.90 Å². The van der Waals surface area contributed by atoms with Gasteiger partial charge in [-0.2, -0.15) is 13.5 Å². The number of aromatic amines is 1. The van der Waals surface area contributed by atoms with Crippen molar-refractivity contribution in [3.63, 3.8) is 0 Å². The fraction of sp³-hybridized carbons (Fsp3) is 0.333. The smallest absolute Gasteiger partial charge is 0.326 e. The Morgan fingerprint density at radius 1 is 1.26 bits per heavy atom. The molecule has 0 bridgehead atoms. The van der Waals surface area contributed by atoms with Crippen molar-refractivity contribution in [1.29, 1.82) is 0 Å². The topological polar surface area (TPSA) is 128 Å². The summed E-state index contributed by atoms with van der Waals surface area (Å²) in [5, 5.41) is 16.9. The second kappa shape index (κ2) is 6.39. The van der Waals surface area contributed by atoms with Crippen LogP contribution in [0.2, 0.25) is 0 Å². The van der Waals surface area contributed by atoms with Gasteiger partial charge in [0, 0.05) is 24.7 Å². The number of carbonyl (C=O) groups is 1. The van der Waals surface area contributed by atoms with Gasteiger partial charge in [0.25, 0.3) is 5.91 Å². The Labute approximate surface area is 153 Å². The Morgan fingerprint density at radius 3 is 2.67 bits per heavy atom. The van der Waals surface area contributed by atoms with Crippen LogP contribution in [0.4, 0.5) is 15.9 Å². The van der Waals surface area contributed by atoms with Crippen LogP contribution in [0.3, 0.4) is 0 Å². The van der Waals surface area contributed by atoms with Crippen molar-refractivity contribution >= 4 is 27.6 Å². The molecule has 2 aliphatic rings. The van der Waals surface area contributed by atoms with E-state index in [-0.39, 0.29) is 5.56 Å². The standard InChI is InChI=1S/C15H16FN5O5S/c16-14-9(10-7-12(18-17-10)20-3-5-26-6-4-20)1-2-11(22)15(14)21-8-13(23)19-27(21,24)25/h1-2,7,22H,3-6,8H2,(H,17,18)(H,19,23). The number of aromatic hydroxyl groups is 1. The van der Waals surface area contributed by atoms with Gasteiger partial charge in [-0.3, -0.25) is 9.89 Å². The molecule has 1 aromatic heterocycles. The van der Waals surface area contributed by atoms with Crippen LogP contribution in [-0.4, -0.2) is 62.5 Å². The van der Waals surface area contributed by atoms with Gasteiger partial charge >= 0.3 is 10.2 Å². The summed E-state index contributed by atoms with van der Waals surface area (Å²) in [5.74, 6) is -1.78. The summed E-state index contributed by atoms with van der Waals surface area (Å²) in [6, 6.07) is 4.11. The van der Waals surface area contributed by atoms with Crippen molar-refractivity contribution < 1.29 is 27.4 Å². The molecule has 0 radical (unpaired) electrons. The van der Waals surface area contributed by atoms with E-state index in [9.17, 15) is 18.3 Å².